The number of halogens is 1. The summed E-state index contributed by atoms with van der Waals surface area (Å²) in [6.45, 7) is 0.759. The highest BCUT2D eigenvalue weighted by Gasteiger charge is 2.25. The molecule has 1 amide bonds. The summed E-state index contributed by atoms with van der Waals surface area (Å²) in [5, 5.41) is 12.8. The van der Waals surface area contributed by atoms with E-state index in [0.717, 1.165) is 22.2 Å². The van der Waals surface area contributed by atoms with Gasteiger partial charge in [-0.2, -0.15) is 5.10 Å². The Kier molecular flexibility index (Phi) is 7.67. The van der Waals surface area contributed by atoms with Crippen molar-refractivity contribution < 1.29 is 19.1 Å². The van der Waals surface area contributed by atoms with E-state index in [4.69, 9.17) is 25.9 Å². The predicted octanol–water partition coefficient (Wildman–Crippen LogP) is 4.40. The van der Waals surface area contributed by atoms with Crippen molar-refractivity contribution in [3.8, 4) is 16.9 Å². The zero-order valence-electron chi connectivity index (χ0n) is 21.8. The number of ether oxygens (including phenoxy) is 2. The number of fused-ring (bicyclic) bond motifs is 1. The van der Waals surface area contributed by atoms with Gasteiger partial charge >= 0.3 is 0 Å². The van der Waals surface area contributed by atoms with E-state index in [0.29, 0.717) is 40.6 Å². The molecule has 39 heavy (non-hydrogen) atoms. The van der Waals surface area contributed by atoms with E-state index in [-0.39, 0.29) is 24.5 Å². The van der Waals surface area contributed by atoms with Crippen LogP contribution < -0.4 is 15.6 Å². The molecule has 0 bridgehead atoms. The van der Waals surface area contributed by atoms with Crippen LogP contribution in [0.2, 0.25) is 5.02 Å². The molecule has 0 fully saturated rings. The first-order valence-electron chi connectivity index (χ1n) is 12.4. The summed E-state index contributed by atoms with van der Waals surface area (Å²) in [5.41, 5.74) is 3.83. The molecule has 0 unspecified atom stereocenters. The molecule has 2 aromatic carbocycles. The smallest absolute Gasteiger partial charge is 0.252 e. The topological polar surface area (TPSA) is 109 Å². The van der Waals surface area contributed by atoms with Crippen LogP contribution in [0.5, 0.6) is 5.75 Å². The number of carbonyl (C=O) groups is 1. The Hall–Kier alpha value is -4.15. The Bertz CT molecular complexity index is 1630. The number of amides is 1. The molecule has 0 spiro atoms. The molecule has 1 aliphatic heterocycles. The molecule has 4 aromatic rings. The lowest BCUT2D eigenvalue weighted by Crippen LogP contribution is -2.34. The average molecular weight is 550 g/mol. The fourth-order valence-electron chi connectivity index (χ4n) is 4.71. The maximum absolute atomic E-state index is 13.5. The van der Waals surface area contributed by atoms with Gasteiger partial charge in [-0.05, 0) is 35.9 Å². The molecule has 3 heterocycles. The zero-order valence-corrected chi connectivity index (χ0v) is 22.6. The Balaban J connectivity index is 1.53. The molecule has 0 saturated heterocycles. The lowest BCUT2D eigenvalue weighted by molar-refractivity contribution is -0.119. The number of aromatic nitrogens is 3. The fraction of sp³-hybridized carbons (Fsp3) is 0.286. The van der Waals surface area contributed by atoms with Crippen molar-refractivity contribution >= 4 is 39.8 Å². The van der Waals surface area contributed by atoms with E-state index in [1.165, 1.54) is 17.7 Å². The third-order valence-electron chi connectivity index (χ3n) is 6.57. The van der Waals surface area contributed by atoms with Crippen LogP contribution in [0.25, 0.3) is 22.0 Å². The number of benzene rings is 2. The van der Waals surface area contributed by atoms with E-state index in [1.807, 2.05) is 31.4 Å². The molecular weight excluding hydrogens is 522 g/mol. The first-order chi connectivity index (χ1) is 18.9. The van der Waals surface area contributed by atoms with Gasteiger partial charge in [0.05, 0.1) is 24.5 Å². The molecular formula is C28H28ClN5O5. The highest BCUT2D eigenvalue weighted by Crippen LogP contribution is 2.35. The van der Waals surface area contributed by atoms with Gasteiger partial charge in [0.15, 0.2) is 0 Å². The zero-order chi connectivity index (χ0) is 27.5. The number of rotatable bonds is 9. The Labute approximate surface area is 229 Å². The number of hydrogen-bond acceptors (Lipinski definition) is 7. The third kappa shape index (κ3) is 5.52. The van der Waals surface area contributed by atoms with Crippen LogP contribution in [0.4, 0.5) is 5.69 Å². The number of oxime groups is 1. The van der Waals surface area contributed by atoms with Gasteiger partial charge in [0.1, 0.15) is 18.4 Å². The lowest BCUT2D eigenvalue weighted by atomic mass is 9.95. The van der Waals surface area contributed by atoms with Crippen LogP contribution in [0.3, 0.4) is 0 Å². The Morgan fingerprint density at radius 2 is 1.97 bits per heavy atom. The van der Waals surface area contributed by atoms with Crippen LogP contribution in [0.15, 0.2) is 64.8 Å². The number of carbonyl (C=O) groups excluding carboxylic acids is 1. The summed E-state index contributed by atoms with van der Waals surface area (Å²) < 4.78 is 14.0. The number of hydrogen-bond donors (Lipinski definition) is 1. The van der Waals surface area contributed by atoms with Crippen LogP contribution in [-0.2, 0) is 21.4 Å². The molecule has 0 radical (unpaired) electrons. The van der Waals surface area contributed by atoms with Crippen LogP contribution in [0.1, 0.15) is 24.4 Å². The molecule has 1 atom stereocenters. The van der Waals surface area contributed by atoms with Crippen molar-refractivity contribution in [3.63, 3.8) is 0 Å². The SMILES string of the molecule is COCC[C@@H](C(=O)Nc1ccc2nn(C)cc2c1)n1cc(OC)c(-c2cc(Cl)ccc2C2=NOCC2)cc1=O. The van der Waals surface area contributed by atoms with E-state index in [2.05, 4.69) is 15.6 Å². The highest BCUT2D eigenvalue weighted by molar-refractivity contribution is 6.31. The summed E-state index contributed by atoms with van der Waals surface area (Å²) in [5.74, 6) is 0.0535. The summed E-state index contributed by atoms with van der Waals surface area (Å²) in [4.78, 5) is 32.2. The average Bonchev–Trinajstić information content (AvgIpc) is 3.58. The molecule has 0 saturated carbocycles. The summed E-state index contributed by atoms with van der Waals surface area (Å²) >= 11 is 6.34. The van der Waals surface area contributed by atoms with Crippen molar-refractivity contribution in [1.29, 1.82) is 0 Å². The minimum atomic E-state index is -0.851. The largest absolute Gasteiger partial charge is 0.495 e. The molecule has 10 nitrogen and oxygen atoms in total. The molecule has 1 aliphatic rings. The van der Waals surface area contributed by atoms with Crippen LogP contribution in [-0.4, -0.2) is 53.4 Å². The standard InChI is InChI=1S/C28H28ClN5O5/c1-33-15-17-12-19(5-7-23(17)31-33)30-28(36)25(9-10-37-2)34-16-26(38-3)22(14-27(34)35)21-13-18(29)4-6-20(21)24-8-11-39-32-24/h4-7,12-16,25H,8-11H2,1-3H3,(H,30,36)/t25-/m0/s1. The predicted molar refractivity (Wildman–Crippen MR) is 150 cm³/mol. The van der Waals surface area contributed by atoms with Crippen LogP contribution >= 0.6 is 11.6 Å². The van der Waals surface area contributed by atoms with Gasteiger partial charge < -0.3 is 19.6 Å². The summed E-state index contributed by atoms with van der Waals surface area (Å²) in [6.07, 6.45) is 4.34. The third-order valence-corrected chi connectivity index (χ3v) is 6.81. The first kappa shape index (κ1) is 26.5. The number of nitrogens with zero attached hydrogens (tertiary/aromatic N) is 4. The number of pyridine rings is 1. The minimum absolute atomic E-state index is 0.272. The van der Waals surface area contributed by atoms with Gasteiger partial charge in [0.2, 0.25) is 5.91 Å². The molecule has 1 N–H and O–H groups in total. The van der Waals surface area contributed by atoms with Crippen molar-refractivity contribution in [2.45, 2.75) is 18.9 Å². The van der Waals surface area contributed by atoms with Crippen molar-refractivity contribution in [3.05, 3.63) is 75.8 Å². The molecule has 202 valence electrons. The first-order valence-corrected chi connectivity index (χ1v) is 12.8. The summed E-state index contributed by atoms with van der Waals surface area (Å²) in [6, 6.07) is 11.5. The molecule has 0 aliphatic carbocycles. The normalized spacial score (nSPS) is 13.7. The van der Waals surface area contributed by atoms with Gasteiger partial charge in [0, 0.05) is 73.1 Å². The fourth-order valence-corrected chi connectivity index (χ4v) is 4.88. The molecule has 5 rings (SSSR count). The van der Waals surface area contributed by atoms with Crippen molar-refractivity contribution in [2.24, 2.45) is 12.2 Å². The van der Waals surface area contributed by atoms with Crippen LogP contribution in [0, 0.1) is 0 Å². The van der Waals surface area contributed by atoms with Gasteiger partial charge in [-0.15, -0.1) is 0 Å². The second-order valence-electron chi connectivity index (χ2n) is 9.17. The second-order valence-corrected chi connectivity index (χ2v) is 9.61. The Morgan fingerprint density at radius 1 is 1.13 bits per heavy atom. The number of methoxy groups -OCH3 is 2. The highest BCUT2D eigenvalue weighted by atomic mass is 35.5. The number of nitrogens with one attached hydrogen (secondary N) is 1. The molecule has 2 aromatic heterocycles. The maximum Gasteiger partial charge on any atom is 0.252 e. The molecule has 11 heteroatoms. The van der Waals surface area contributed by atoms with Crippen molar-refractivity contribution in [1.82, 2.24) is 14.3 Å². The van der Waals surface area contributed by atoms with Gasteiger partial charge in [-0.25, -0.2) is 0 Å². The van der Waals surface area contributed by atoms with Gasteiger partial charge in [-0.3, -0.25) is 18.8 Å². The van der Waals surface area contributed by atoms with Gasteiger partial charge in [0.25, 0.3) is 5.56 Å². The lowest BCUT2D eigenvalue weighted by Gasteiger charge is -2.21. The number of anilines is 1. The van der Waals surface area contributed by atoms with Gasteiger partial charge in [-0.1, -0.05) is 22.8 Å². The van der Waals surface area contributed by atoms with E-state index >= 15 is 0 Å². The van der Waals surface area contributed by atoms with E-state index < -0.39 is 6.04 Å². The number of aryl methyl sites for hydroxylation is 1. The second kappa shape index (κ2) is 11.3. The quantitative estimate of drug-likeness (QED) is 0.331. The Morgan fingerprint density at radius 3 is 2.72 bits per heavy atom. The summed E-state index contributed by atoms with van der Waals surface area (Å²) in [7, 11) is 4.90. The van der Waals surface area contributed by atoms with Crippen molar-refractivity contribution in [2.75, 3.05) is 32.8 Å². The minimum Gasteiger partial charge on any atom is -0.495 e. The van der Waals surface area contributed by atoms with E-state index in [9.17, 15) is 9.59 Å². The van der Waals surface area contributed by atoms with E-state index in [1.54, 1.807) is 36.2 Å². The maximum atomic E-state index is 13.5. The monoisotopic (exact) mass is 549 g/mol.